The van der Waals surface area contributed by atoms with Gasteiger partial charge in [-0.25, -0.2) is 0 Å². The lowest BCUT2D eigenvalue weighted by atomic mass is 9.87. The van der Waals surface area contributed by atoms with Gasteiger partial charge in [0.05, 0.1) is 0 Å². The predicted octanol–water partition coefficient (Wildman–Crippen LogP) is 5.84. The Labute approximate surface area is 192 Å². The molecule has 1 aliphatic heterocycles. The summed E-state index contributed by atoms with van der Waals surface area (Å²) in [5.41, 5.74) is 4.53. The van der Waals surface area contributed by atoms with E-state index in [0.29, 0.717) is 11.6 Å². The van der Waals surface area contributed by atoms with Crippen LogP contribution >= 0.6 is 0 Å². The molecule has 4 heteroatoms. The smallest absolute Gasteiger partial charge is 0.270 e. The van der Waals surface area contributed by atoms with Crippen LogP contribution in [0.5, 0.6) is 0 Å². The van der Waals surface area contributed by atoms with E-state index in [0.717, 1.165) is 56.3 Å². The summed E-state index contributed by atoms with van der Waals surface area (Å²) in [4.78, 5) is 21.1. The van der Waals surface area contributed by atoms with Crippen LogP contribution in [0.3, 0.4) is 0 Å². The van der Waals surface area contributed by atoms with E-state index in [2.05, 4.69) is 61.8 Å². The second kappa shape index (κ2) is 9.50. The Bertz CT molecular complexity index is 1010. The van der Waals surface area contributed by atoms with Crippen molar-refractivity contribution in [2.75, 3.05) is 26.2 Å². The molecule has 2 heterocycles. The second-order valence-corrected chi connectivity index (χ2v) is 9.65. The molecular weight excluding hydrogens is 394 g/mol. The van der Waals surface area contributed by atoms with E-state index >= 15 is 0 Å². The van der Waals surface area contributed by atoms with Gasteiger partial charge in [-0.3, -0.25) is 9.69 Å². The number of carbonyl (C=O) groups excluding carboxylic acids is 1. The first-order valence-electron chi connectivity index (χ1n) is 12.1. The van der Waals surface area contributed by atoms with E-state index in [1.807, 2.05) is 35.2 Å². The molecule has 2 aromatic carbocycles. The first-order valence-corrected chi connectivity index (χ1v) is 12.1. The number of rotatable bonds is 7. The third kappa shape index (κ3) is 4.61. The second-order valence-electron chi connectivity index (χ2n) is 9.65. The Balaban J connectivity index is 1.37. The van der Waals surface area contributed by atoms with E-state index in [1.54, 1.807) is 0 Å². The summed E-state index contributed by atoms with van der Waals surface area (Å²) in [5, 5.41) is 1.09. The molecule has 0 aliphatic carbocycles. The lowest BCUT2D eigenvalue weighted by Gasteiger charge is -2.44. The highest BCUT2D eigenvalue weighted by Gasteiger charge is 2.33. The van der Waals surface area contributed by atoms with Crippen molar-refractivity contribution >= 4 is 16.8 Å². The minimum absolute atomic E-state index is 0.0296. The van der Waals surface area contributed by atoms with Crippen molar-refractivity contribution < 1.29 is 4.79 Å². The lowest BCUT2D eigenvalue weighted by molar-refractivity contribution is 0.0537. The summed E-state index contributed by atoms with van der Waals surface area (Å²) in [7, 11) is 0. The summed E-state index contributed by atoms with van der Waals surface area (Å²) in [6.45, 7) is 12.7. The number of piperidine rings is 1. The molecule has 0 radical (unpaired) electrons. The van der Waals surface area contributed by atoms with E-state index in [9.17, 15) is 4.79 Å². The van der Waals surface area contributed by atoms with Gasteiger partial charge in [0.1, 0.15) is 5.69 Å². The molecule has 0 bridgehead atoms. The van der Waals surface area contributed by atoms with Crippen LogP contribution in [-0.4, -0.2) is 46.9 Å². The molecule has 1 aliphatic rings. The number of para-hydroxylation sites is 1. The average molecular weight is 432 g/mol. The maximum absolute atomic E-state index is 13.2. The number of aryl methyl sites for hydroxylation is 1. The topological polar surface area (TPSA) is 39.3 Å². The van der Waals surface area contributed by atoms with Gasteiger partial charge in [-0.1, -0.05) is 49.4 Å². The Morgan fingerprint density at radius 1 is 1.06 bits per heavy atom. The maximum Gasteiger partial charge on any atom is 0.270 e. The Kier molecular flexibility index (Phi) is 6.71. The fraction of sp³-hybridized carbons (Fsp3) is 0.464. The molecule has 1 aromatic heterocycles. The van der Waals surface area contributed by atoms with Crippen LogP contribution in [0, 0.1) is 5.92 Å². The first kappa shape index (κ1) is 22.6. The third-order valence-corrected chi connectivity index (χ3v) is 7.38. The monoisotopic (exact) mass is 431 g/mol. The number of aromatic nitrogens is 1. The van der Waals surface area contributed by atoms with Crippen LogP contribution in [-0.2, 0) is 12.0 Å². The van der Waals surface area contributed by atoms with Gasteiger partial charge in [0.25, 0.3) is 5.91 Å². The Morgan fingerprint density at radius 2 is 1.75 bits per heavy atom. The fourth-order valence-corrected chi connectivity index (χ4v) is 5.03. The largest absolute Gasteiger partial charge is 0.351 e. The normalized spacial score (nSPS) is 15.9. The van der Waals surface area contributed by atoms with Crippen LogP contribution in [0.1, 0.15) is 62.2 Å². The van der Waals surface area contributed by atoms with E-state index in [1.165, 1.54) is 11.1 Å². The van der Waals surface area contributed by atoms with Crippen LogP contribution in [0.15, 0.2) is 54.6 Å². The summed E-state index contributed by atoms with van der Waals surface area (Å²) in [5.74, 6) is 0.667. The van der Waals surface area contributed by atoms with Crippen LogP contribution in [0.25, 0.3) is 10.9 Å². The molecule has 0 spiro atoms. The average Bonchev–Trinajstić information content (AvgIpc) is 3.27. The molecule has 1 amide bonds. The highest BCUT2D eigenvalue weighted by molar-refractivity contribution is 5.98. The fourth-order valence-electron chi connectivity index (χ4n) is 5.03. The van der Waals surface area contributed by atoms with E-state index in [4.69, 9.17) is 0 Å². The zero-order valence-electron chi connectivity index (χ0n) is 20.0. The SMILES string of the molecule is CCc1ccc(C(C)(C)N2CCC(CN(CC)C(=O)c3cc4ccccc4[nH]3)CC2)cc1. The molecule has 3 aromatic rings. The standard InChI is InChI=1S/C28H37N3O/c1-5-21-11-13-24(14-12-21)28(3,4)31-17-15-22(16-18-31)20-30(6-2)27(32)26-19-23-9-7-8-10-25(23)29-26/h7-14,19,22,29H,5-6,15-18,20H2,1-4H3. The quantitative estimate of drug-likeness (QED) is 0.510. The minimum Gasteiger partial charge on any atom is -0.351 e. The number of benzene rings is 2. The Morgan fingerprint density at radius 3 is 2.38 bits per heavy atom. The van der Waals surface area contributed by atoms with Gasteiger partial charge in [-0.05, 0) is 82.3 Å². The first-order chi connectivity index (χ1) is 15.4. The lowest BCUT2D eigenvalue weighted by Crippen LogP contribution is -2.48. The highest BCUT2D eigenvalue weighted by atomic mass is 16.2. The van der Waals surface area contributed by atoms with Crippen LogP contribution < -0.4 is 0 Å². The van der Waals surface area contributed by atoms with E-state index < -0.39 is 0 Å². The van der Waals surface area contributed by atoms with Gasteiger partial charge in [-0.2, -0.15) is 0 Å². The molecule has 170 valence electrons. The molecular formula is C28H37N3O. The maximum atomic E-state index is 13.2. The molecule has 1 saturated heterocycles. The van der Waals surface area contributed by atoms with Crippen molar-refractivity contribution in [3.8, 4) is 0 Å². The van der Waals surface area contributed by atoms with Gasteiger partial charge >= 0.3 is 0 Å². The number of amides is 1. The number of aromatic amines is 1. The number of hydrogen-bond acceptors (Lipinski definition) is 2. The van der Waals surface area contributed by atoms with Crippen LogP contribution in [0.4, 0.5) is 0 Å². The molecule has 4 rings (SSSR count). The Hall–Kier alpha value is -2.59. The molecule has 4 nitrogen and oxygen atoms in total. The molecule has 1 N–H and O–H groups in total. The van der Waals surface area contributed by atoms with Crippen molar-refractivity contribution in [1.29, 1.82) is 0 Å². The predicted molar refractivity (Wildman–Crippen MR) is 133 cm³/mol. The highest BCUT2D eigenvalue weighted by Crippen LogP contribution is 2.32. The van der Waals surface area contributed by atoms with Crippen molar-refractivity contribution in [3.63, 3.8) is 0 Å². The zero-order chi connectivity index (χ0) is 22.7. The number of likely N-dealkylation sites (tertiary alicyclic amines) is 1. The molecule has 32 heavy (non-hydrogen) atoms. The number of carbonyl (C=O) groups is 1. The number of hydrogen-bond donors (Lipinski definition) is 1. The summed E-state index contributed by atoms with van der Waals surface area (Å²) < 4.78 is 0. The number of fused-ring (bicyclic) bond motifs is 1. The zero-order valence-corrected chi connectivity index (χ0v) is 20.0. The number of H-pyrrole nitrogens is 1. The number of nitrogens with zero attached hydrogens (tertiary/aromatic N) is 2. The van der Waals surface area contributed by atoms with Crippen molar-refractivity contribution in [3.05, 3.63) is 71.4 Å². The number of nitrogens with one attached hydrogen (secondary N) is 1. The molecule has 0 saturated carbocycles. The molecule has 1 fully saturated rings. The van der Waals surface area contributed by atoms with E-state index in [-0.39, 0.29) is 11.4 Å². The van der Waals surface area contributed by atoms with Crippen molar-refractivity contribution in [1.82, 2.24) is 14.8 Å². The van der Waals surface area contributed by atoms with Crippen molar-refractivity contribution in [2.45, 2.75) is 52.5 Å². The van der Waals surface area contributed by atoms with Gasteiger partial charge in [0.2, 0.25) is 0 Å². The van der Waals surface area contributed by atoms with Crippen molar-refractivity contribution in [2.24, 2.45) is 5.92 Å². The van der Waals surface area contributed by atoms with Gasteiger partial charge in [0.15, 0.2) is 0 Å². The van der Waals surface area contributed by atoms with Gasteiger partial charge in [-0.15, -0.1) is 0 Å². The molecule has 0 atom stereocenters. The summed E-state index contributed by atoms with van der Waals surface area (Å²) in [6.07, 6.45) is 3.34. The van der Waals surface area contributed by atoms with Crippen LogP contribution in [0.2, 0.25) is 0 Å². The molecule has 0 unspecified atom stereocenters. The third-order valence-electron chi connectivity index (χ3n) is 7.38. The van der Waals surface area contributed by atoms with Gasteiger partial charge < -0.3 is 9.88 Å². The summed E-state index contributed by atoms with van der Waals surface area (Å²) >= 11 is 0. The minimum atomic E-state index is 0.0296. The summed E-state index contributed by atoms with van der Waals surface area (Å²) in [6, 6.07) is 19.2. The van der Waals surface area contributed by atoms with Gasteiger partial charge in [0, 0.05) is 29.5 Å².